The van der Waals surface area contributed by atoms with E-state index < -0.39 is 17.4 Å². The fraction of sp³-hybridized carbons (Fsp3) is 0.222. The fourth-order valence-corrected chi connectivity index (χ4v) is 3.03. The molecule has 2 aromatic carbocycles. The van der Waals surface area contributed by atoms with Gasteiger partial charge in [-0.3, -0.25) is 9.59 Å². The van der Waals surface area contributed by atoms with Crippen LogP contribution in [0.5, 0.6) is 0 Å². The molecule has 0 spiro atoms. The summed E-state index contributed by atoms with van der Waals surface area (Å²) in [5.74, 6) is -1.20. The van der Waals surface area contributed by atoms with E-state index in [1.54, 1.807) is 6.07 Å². The van der Waals surface area contributed by atoms with Gasteiger partial charge in [-0.05, 0) is 21.9 Å². The molecule has 1 heterocycles. The lowest BCUT2D eigenvalue weighted by atomic mass is 9.72. The zero-order chi connectivity index (χ0) is 15.7. The van der Waals surface area contributed by atoms with Gasteiger partial charge in [0.15, 0.2) is 5.41 Å². The van der Waals surface area contributed by atoms with Crippen molar-refractivity contribution in [2.75, 3.05) is 13.7 Å². The summed E-state index contributed by atoms with van der Waals surface area (Å²) in [6.07, 6.45) is 0.201. The minimum absolute atomic E-state index is 0.141. The Kier molecular flexibility index (Phi) is 3.45. The molecule has 0 aliphatic carbocycles. The molecule has 2 aromatic rings. The van der Waals surface area contributed by atoms with Gasteiger partial charge < -0.3 is 9.47 Å². The molecule has 0 amide bonds. The van der Waals surface area contributed by atoms with Gasteiger partial charge in [-0.15, -0.1) is 0 Å². The van der Waals surface area contributed by atoms with Crippen molar-refractivity contribution in [2.24, 2.45) is 0 Å². The highest BCUT2D eigenvalue weighted by Crippen LogP contribution is 2.40. The first kappa shape index (κ1) is 14.3. The number of hydrogen-bond acceptors (Lipinski definition) is 4. The van der Waals surface area contributed by atoms with E-state index in [0.717, 1.165) is 10.8 Å². The Morgan fingerprint density at radius 1 is 1.23 bits per heavy atom. The van der Waals surface area contributed by atoms with E-state index in [1.165, 1.54) is 7.11 Å². The van der Waals surface area contributed by atoms with Gasteiger partial charge in [0.2, 0.25) is 0 Å². The van der Waals surface area contributed by atoms with Crippen molar-refractivity contribution in [2.45, 2.75) is 11.8 Å². The topological polar surface area (TPSA) is 52.6 Å². The van der Waals surface area contributed by atoms with Gasteiger partial charge in [0.25, 0.3) is 0 Å². The van der Waals surface area contributed by atoms with Crippen LogP contribution < -0.4 is 0 Å². The first-order valence-corrected chi connectivity index (χ1v) is 7.00. The van der Waals surface area contributed by atoms with Crippen LogP contribution in [-0.2, 0) is 24.5 Å². The number of esters is 2. The van der Waals surface area contributed by atoms with Crippen LogP contribution in [-0.4, -0.2) is 25.7 Å². The Labute approximate surface area is 128 Å². The number of carbonyl (C=O) groups is 2. The van der Waals surface area contributed by atoms with Crippen molar-refractivity contribution in [1.82, 2.24) is 0 Å². The molecule has 0 saturated carbocycles. The standard InChI is InChI=1S/C18H16O4/c1-12-10-18(16(19)21-2,17(20)22-11-12)15-9-5-7-13-6-3-4-8-14(13)15/h3-9H,1,10-11H2,2H3. The maximum Gasteiger partial charge on any atom is 0.328 e. The van der Waals surface area contributed by atoms with E-state index in [-0.39, 0.29) is 13.0 Å². The second-order valence-electron chi connectivity index (χ2n) is 5.43. The van der Waals surface area contributed by atoms with Gasteiger partial charge in [0, 0.05) is 6.42 Å². The second kappa shape index (κ2) is 5.30. The third-order valence-electron chi connectivity index (χ3n) is 4.05. The zero-order valence-corrected chi connectivity index (χ0v) is 12.3. The lowest BCUT2D eigenvalue weighted by Gasteiger charge is -2.34. The van der Waals surface area contributed by atoms with E-state index in [2.05, 4.69) is 6.58 Å². The molecule has 112 valence electrons. The van der Waals surface area contributed by atoms with E-state index in [1.807, 2.05) is 36.4 Å². The average molecular weight is 296 g/mol. The Morgan fingerprint density at radius 2 is 1.95 bits per heavy atom. The predicted octanol–water partition coefficient (Wildman–Crippen LogP) is 2.75. The van der Waals surface area contributed by atoms with Gasteiger partial charge in [0.05, 0.1) is 7.11 Å². The highest BCUT2D eigenvalue weighted by molar-refractivity contribution is 6.10. The van der Waals surface area contributed by atoms with Crippen molar-refractivity contribution in [3.63, 3.8) is 0 Å². The van der Waals surface area contributed by atoms with Crippen LogP contribution in [0.2, 0.25) is 0 Å². The molecule has 1 atom stereocenters. The molecule has 0 N–H and O–H groups in total. The highest BCUT2D eigenvalue weighted by atomic mass is 16.6. The summed E-state index contributed by atoms with van der Waals surface area (Å²) < 4.78 is 10.1. The zero-order valence-electron chi connectivity index (χ0n) is 12.3. The van der Waals surface area contributed by atoms with Crippen molar-refractivity contribution < 1.29 is 19.1 Å². The van der Waals surface area contributed by atoms with E-state index in [4.69, 9.17) is 9.47 Å². The maximum absolute atomic E-state index is 12.5. The minimum Gasteiger partial charge on any atom is -0.468 e. The van der Waals surface area contributed by atoms with Gasteiger partial charge in [-0.1, -0.05) is 49.0 Å². The number of fused-ring (bicyclic) bond motifs is 1. The van der Waals surface area contributed by atoms with Gasteiger partial charge in [0.1, 0.15) is 6.61 Å². The molecule has 3 rings (SSSR count). The second-order valence-corrected chi connectivity index (χ2v) is 5.43. The van der Waals surface area contributed by atoms with Crippen molar-refractivity contribution in [3.05, 3.63) is 60.2 Å². The first-order chi connectivity index (χ1) is 10.6. The summed E-state index contributed by atoms with van der Waals surface area (Å²) in [7, 11) is 1.28. The molecule has 22 heavy (non-hydrogen) atoms. The van der Waals surface area contributed by atoms with Crippen LogP contribution in [0.25, 0.3) is 10.8 Å². The van der Waals surface area contributed by atoms with Crippen LogP contribution in [0, 0.1) is 0 Å². The third kappa shape index (κ3) is 1.99. The Bertz CT molecular complexity index is 762. The number of rotatable bonds is 2. The molecule has 4 heteroatoms. The maximum atomic E-state index is 12.5. The van der Waals surface area contributed by atoms with E-state index >= 15 is 0 Å². The van der Waals surface area contributed by atoms with Crippen molar-refractivity contribution in [3.8, 4) is 0 Å². The Hall–Kier alpha value is -2.62. The van der Waals surface area contributed by atoms with Crippen LogP contribution in [0.1, 0.15) is 12.0 Å². The molecule has 1 aliphatic rings. The molecule has 1 saturated heterocycles. The third-order valence-corrected chi connectivity index (χ3v) is 4.05. The van der Waals surface area contributed by atoms with Crippen molar-refractivity contribution >= 4 is 22.7 Å². The number of cyclic esters (lactones) is 1. The predicted molar refractivity (Wildman–Crippen MR) is 82.4 cm³/mol. The SMILES string of the molecule is C=C1COC(=O)C(C(=O)OC)(c2cccc3ccccc23)C1. The van der Waals surface area contributed by atoms with Crippen LogP contribution >= 0.6 is 0 Å². The summed E-state index contributed by atoms with van der Waals surface area (Å²) in [5, 5.41) is 1.79. The van der Waals surface area contributed by atoms with Crippen LogP contribution in [0.15, 0.2) is 54.6 Å². The minimum atomic E-state index is -1.48. The molecule has 4 nitrogen and oxygen atoms in total. The number of hydrogen-bond donors (Lipinski definition) is 0. The smallest absolute Gasteiger partial charge is 0.328 e. The summed E-state index contributed by atoms with van der Waals surface area (Å²) in [6, 6.07) is 13.2. The summed E-state index contributed by atoms with van der Waals surface area (Å²) in [5.41, 5.74) is -0.188. The van der Waals surface area contributed by atoms with E-state index in [0.29, 0.717) is 11.1 Å². The lowest BCUT2D eigenvalue weighted by Crippen LogP contribution is -2.49. The van der Waals surface area contributed by atoms with Crippen LogP contribution in [0.4, 0.5) is 0 Å². The van der Waals surface area contributed by atoms with Gasteiger partial charge in [-0.2, -0.15) is 0 Å². The summed E-state index contributed by atoms with van der Waals surface area (Å²) in [4.78, 5) is 25.1. The molecular weight excluding hydrogens is 280 g/mol. The normalized spacial score (nSPS) is 21.5. The molecule has 1 fully saturated rings. The lowest BCUT2D eigenvalue weighted by molar-refractivity contribution is -0.165. The number of carbonyl (C=O) groups excluding carboxylic acids is 2. The summed E-state index contributed by atoms with van der Waals surface area (Å²) >= 11 is 0. The van der Waals surface area contributed by atoms with Crippen molar-refractivity contribution in [1.29, 1.82) is 0 Å². The number of ether oxygens (including phenoxy) is 2. The Morgan fingerprint density at radius 3 is 2.73 bits per heavy atom. The first-order valence-electron chi connectivity index (χ1n) is 7.00. The molecule has 1 unspecified atom stereocenters. The number of benzene rings is 2. The number of methoxy groups -OCH3 is 1. The summed E-state index contributed by atoms with van der Waals surface area (Å²) in [6.45, 7) is 4.02. The molecule has 1 aliphatic heterocycles. The van der Waals surface area contributed by atoms with Gasteiger partial charge in [-0.25, -0.2) is 0 Å². The van der Waals surface area contributed by atoms with Gasteiger partial charge >= 0.3 is 11.9 Å². The van der Waals surface area contributed by atoms with Crippen LogP contribution in [0.3, 0.4) is 0 Å². The molecular formula is C18H16O4. The van der Waals surface area contributed by atoms with E-state index in [9.17, 15) is 9.59 Å². The quantitative estimate of drug-likeness (QED) is 0.486. The fourth-order valence-electron chi connectivity index (χ4n) is 3.03. The Balaban J connectivity index is 2.32. The molecule has 0 radical (unpaired) electrons. The average Bonchev–Trinajstić information content (AvgIpc) is 2.56. The molecule has 0 aromatic heterocycles. The largest absolute Gasteiger partial charge is 0.468 e. The molecule has 0 bridgehead atoms. The highest BCUT2D eigenvalue weighted by Gasteiger charge is 2.53. The monoisotopic (exact) mass is 296 g/mol.